The lowest BCUT2D eigenvalue weighted by molar-refractivity contribution is -0.122. The van der Waals surface area contributed by atoms with E-state index in [-0.39, 0.29) is 28.0 Å². The van der Waals surface area contributed by atoms with E-state index in [0.29, 0.717) is 11.3 Å². The zero-order valence-corrected chi connectivity index (χ0v) is 17.5. The van der Waals surface area contributed by atoms with E-state index in [0.717, 1.165) is 16.0 Å². The number of barbiturate groups is 1. The lowest BCUT2D eigenvalue weighted by Crippen LogP contribution is -2.54. The van der Waals surface area contributed by atoms with Crippen molar-refractivity contribution in [3.8, 4) is 11.8 Å². The number of hydrogen-bond acceptors (Lipinski definition) is 5. The van der Waals surface area contributed by atoms with Crippen LogP contribution in [0.15, 0.2) is 35.9 Å². The number of nitrogens with zero attached hydrogens (tertiary/aromatic N) is 2. The predicted octanol–water partition coefficient (Wildman–Crippen LogP) is 4.18. The fraction of sp³-hybridized carbons (Fsp3) is 0.143. The Hall–Kier alpha value is -3.34. The van der Waals surface area contributed by atoms with Crippen molar-refractivity contribution in [1.29, 1.82) is 5.26 Å². The van der Waals surface area contributed by atoms with Gasteiger partial charge in [0.15, 0.2) is 12.4 Å². The molecule has 30 heavy (non-hydrogen) atoms. The van der Waals surface area contributed by atoms with Crippen LogP contribution in [0.4, 0.5) is 10.5 Å². The summed E-state index contributed by atoms with van der Waals surface area (Å²) in [6.45, 7) is 3.52. The Balaban J connectivity index is 2.00. The third-order valence-corrected chi connectivity index (χ3v) is 5.02. The van der Waals surface area contributed by atoms with Crippen LogP contribution in [-0.2, 0) is 9.59 Å². The maximum Gasteiger partial charge on any atom is 0.335 e. The van der Waals surface area contributed by atoms with Crippen molar-refractivity contribution in [3.63, 3.8) is 0 Å². The van der Waals surface area contributed by atoms with Crippen molar-refractivity contribution in [1.82, 2.24) is 5.32 Å². The van der Waals surface area contributed by atoms with Gasteiger partial charge in [0.05, 0.1) is 15.7 Å². The number of halogens is 2. The SMILES string of the molecule is Cc1ccc(N2C(=O)NC(=O)/C(=C\c3cc(Cl)c(OCC#N)c(Cl)c3)C2=O)cc1C. The predicted molar refractivity (Wildman–Crippen MR) is 112 cm³/mol. The van der Waals surface area contributed by atoms with Gasteiger partial charge >= 0.3 is 6.03 Å². The fourth-order valence-corrected chi connectivity index (χ4v) is 3.44. The number of benzene rings is 2. The second-order valence-electron chi connectivity index (χ2n) is 6.49. The molecule has 9 heteroatoms. The fourth-order valence-electron chi connectivity index (χ4n) is 2.83. The molecular formula is C21H15Cl2N3O4. The number of nitrogens with one attached hydrogen (secondary N) is 1. The molecule has 1 aliphatic heterocycles. The molecule has 4 amide bonds. The summed E-state index contributed by atoms with van der Waals surface area (Å²) < 4.78 is 5.17. The topological polar surface area (TPSA) is 99.5 Å². The number of anilines is 1. The lowest BCUT2D eigenvalue weighted by Gasteiger charge is -2.26. The first kappa shape index (κ1) is 21.4. The number of urea groups is 1. The molecule has 0 radical (unpaired) electrons. The van der Waals surface area contributed by atoms with Gasteiger partial charge in [-0.3, -0.25) is 14.9 Å². The van der Waals surface area contributed by atoms with Crippen molar-refractivity contribution < 1.29 is 19.1 Å². The summed E-state index contributed by atoms with van der Waals surface area (Å²) in [5.74, 6) is -1.49. The summed E-state index contributed by atoms with van der Waals surface area (Å²) >= 11 is 12.3. The van der Waals surface area contributed by atoms with Gasteiger partial charge in [-0.05, 0) is 60.9 Å². The summed E-state index contributed by atoms with van der Waals surface area (Å²) in [5, 5.41) is 11.0. The van der Waals surface area contributed by atoms with Crippen LogP contribution in [0, 0.1) is 25.2 Å². The zero-order valence-electron chi connectivity index (χ0n) is 16.0. The van der Waals surface area contributed by atoms with E-state index in [1.807, 2.05) is 19.9 Å². The van der Waals surface area contributed by atoms with Gasteiger partial charge < -0.3 is 4.74 Å². The van der Waals surface area contributed by atoms with E-state index in [1.54, 1.807) is 18.2 Å². The van der Waals surface area contributed by atoms with Crippen LogP contribution < -0.4 is 15.0 Å². The minimum Gasteiger partial charge on any atom is -0.476 e. The van der Waals surface area contributed by atoms with Gasteiger partial charge in [-0.15, -0.1) is 0 Å². The molecule has 0 aliphatic carbocycles. The molecule has 0 atom stereocenters. The molecule has 0 bridgehead atoms. The van der Waals surface area contributed by atoms with Crippen LogP contribution in [0.25, 0.3) is 6.08 Å². The molecule has 1 aliphatic rings. The van der Waals surface area contributed by atoms with Crippen molar-refractivity contribution in [2.75, 3.05) is 11.5 Å². The number of carbonyl (C=O) groups is 3. The highest BCUT2D eigenvalue weighted by atomic mass is 35.5. The molecule has 1 N–H and O–H groups in total. The molecule has 0 unspecified atom stereocenters. The summed E-state index contributed by atoms with van der Waals surface area (Å²) in [7, 11) is 0. The van der Waals surface area contributed by atoms with Gasteiger partial charge in [0.1, 0.15) is 11.6 Å². The van der Waals surface area contributed by atoms with Gasteiger partial charge in [-0.1, -0.05) is 29.3 Å². The number of amides is 4. The molecule has 1 saturated heterocycles. The number of ether oxygens (including phenoxy) is 1. The third kappa shape index (κ3) is 4.15. The largest absolute Gasteiger partial charge is 0.476 e. The first-order chi connectivity index (χ1) is 14.2. The van der Waals surface area contributed by atoms with E-state index >= 15 is 0 Å². The molecule has 2 aromatic carbocycles. The zero-order chi connectivity index (χ0) is 22.0. The van der Waals surface area contributed by atoms with E-state index in [4.69, 9.17) is 33.2 Å². The quantitative estimate of drug-likeness (QED) is 0.564. The molecule has 0 spiro atoms. The highest BCUT2D eigenvalue weighted by Crippen LogP contribution is 2.35. The maximum absolute atomic E-state index is 13.0. The Bertz CT molecular complexity index is 1130. The van der Waals surface area contributed by atoms with Crippen LogP contribution in [0.1, 0.15) is 16.7 Å². The standard InChI is InChI=1S/C21H15Cl2N3O4/c1-11-3-4-14(7-12(11)2)26-20(28)15(19(27)25-21(26)29)8-13-9-16(22)18(17(23)10-13)30-6-5-24/h3-4,7-10H,6H2,1-2H3,(H,25,27,29)/b15-8+. The molecule has 3 rings (SSSR count). The molecule has 152 valence electrons. The van der Waals surface area contributed by atoms with E-state index in [2.05, 4.69) is 5.32 Å². The number of imide groups is 2. The van der Waals surface area contributed by atoms with Gasteiger partial charge in [-0.25, -0.2) is 9.69 Å². The Kier molecular flexibility index (Phi) is 6.11. The maximum atomic E-state index is 13.0. The Morgan fingerprint density at radius 1 is 1.10 bits per heavy atom. The summed E-state index contributed by atoms with van der Waals surface area (Å²) in [5.41, 5.74) is 2.32. The van der Waals surface area contributed by atoms with Gasteiger partial charge in [0.25, 0.3) is 11.8 Å². The smallest absolute Gasteiger partial charge is 0.335 e. The molecule has 1 heterocycles. The summed E-state index contributed by atoms with van der Waals surface area (Å²) in [6, 6.07) is 8.95. The van der Waals surface area contributed by atoms with Crippen molar-refractivity contribution in [2.45, 2.75) is 13.8 Å². The normalized spacial score (nSPS) is 15.2. The van der Waals surface area contributed by atoms with Crippen LogP contribution >= 0.6 is 23.2 Å². The number of carbonyl (C=O) groups excluding carboxylic acids is 3. The van der Waals surface area contributed by atoms with Crippen LogP contribution in [0.2, 0.25) is 10.0 Å². The Labute approximate surface area is 182 Å². The minimum atomic E-state index is -0.832. The number of nitriles is 1. The Morgan fingerprint density at radius 3 is 2.37 bits per heavy atom. The highest BCUT2D eigenvalue weighted by Gasteiger charge is 2.37. The van der Waals surface area contributed by atoms with Crippen LogP contribution in [0.5, 0.6) is 5.75 Å². The van der Waals surface area contributed by atoms with Crippen LogP contribution in [-0.4, -0.2) is 24.5 Å². The Morgan fingerprint density at radius 2 is 1.77 bits per heavy atom. The van der Waals surface area contributed by atoms with Gasteiger partial charge in [-0.2, -0.15) is 5.26 Å². The van der Waals surface area contributed by atoms with E-state index < -0.39 is 17.8 Å². The summed E-state index contributed by atoms with van der Waals surface area (Å²) in [4.78, 5) is 38.5. The monoisotopic (exact) mass is 443 g/mol. The number of aryl methyl sites for hydroxylation is 2. The highest BCUT2D eigenvalue weighted by molar-refractivity contribution is 6.40. The lowest BCUT2D eigenvalue weighted by atomic mass is 10.0. The average molecular weight is 444 g/mol. The molecular weight excluding hydrogens is 429 g/mol. The van der Waals surface area contributed by atoms with Crippen molar-refractivity contribution in [3.05, 3.63) is 62.6 Å². The second kappa shape index (κ2) is 8.57. The van der Waals surface area contributed by atoms with Gasteiger partial charge in [0, 0.05) is 0 Å². The average Bonchev–Trinajstić information content (AvgIpc) is 2.67. The van der Waals surface area contributed by atoms with Crippen molar-refractivity contribution in [2.24, 2.45) is 0 Å². The third-order valence-electron chi connectivity index (χ3n) is 4.46. The molecule has 2 aromatic rings. The number of hydrogen-bond donors (Lipinski definition) is 1. The van der Waals surface area contributed by atoms with Crippen molar-refractivity contribution >= 4 is 52.8 Å². The second-order valence-corrected chi connectivity index (χ2v) is 7.30. The molecule has 1 fully saturated rings. The first-order valence-corrected chi connectivity index (χ1v) is 9.46. The van der Waals surface area contributed by atoms with E-state index in [9.17, 15) is 14.4 Å². The number of rotatable bonds is 4. The first-order valence-electron chi connectivity index (χ1n) is 8.70. The van der Waals surface area contributed by atoms with Gasteiger partial charge in [0.2, 0.25) is 0 Å². The minimum absolute atomic E-state index is 0.107. The van der Waals surface area contributed by atoms with Crippen LogP contribution in [0.3, 0.4) is 0 Å². The molecule has 0 aromatic heterocycles. The summed E-state index contributed by atoms with van der Waals surface area (Å²) in [6.07, 6.45) is 1.28. The molecule has 7 nitrogen and oxygen atoms in total. The molecule has 0 saturated carbocycles. The van der Waals surface area contributed by atoms with E-state index in [1.165, 1.54) is 18.2 Å².